The fourth-order valence-corrected chi connectivity index (χ4v) is 2.09. The number of rotatable bonds is 1. The minimum Gasteiger partial charge on any atom is -0.384 e. The molecule has 0 aromatic rings. The average molecular weight is 173 g/mol. The first kappa shape index (κ1) is 8.36. The molecule has 0 saturated heterocycles. The second-order valence-electron chi connectivity index (χ2n) is 3.74. The monoisotopic (exact) mass is 173 g/mol. The van der Waals surface area contributed by atoms with Crippen LogP contribution in [0.4, 0.5) is 0 Å². The molecule has 1 heteroatoms. The summed E-state index contributed by atoms with van der Waals surface area (Å²) in [5, 5.41) is 3.39. The van der Waals surface area contributed by atoms with Gasteiger partial charge in [-0.3, -0.25) is 0 Å². The molecule has 2 aliphatic rings. The minimum absolute atomic E-state index is 0.234. The van der Waals surface area contributed by atoms with E-state index in [-0.39, 0.29) is 5.41 Å². The first-order valence-corrected chi connectivity index (χ1v) is 4.70. The van der Waals surface area contributed by atoms with E-state index in [1.807, 2.05) is 6.08 Å². The van der Waals surface area contributed by atoms with Crippen LogP contribution in [0.1, 0.15) is 13.3 Å². The first-order valence-electron chi connectivity index (χ1n) is 4.70. The quantitative estimate of drug-likeness (QED) is 0.642. The summed E-state index contributed by atoms with van der Waals surface area (Å²) in [7, 11) is 0. The Bertz CT molecular complexity index is 320. The lowest BCUT2D eigenvalue weighted by atomic mass is 9.77. The van der Waals surface area contributed by atoms with E-state index in [1.165, 1.54) is 11.3 Å². The van der Waals surface area contributed by atoms with Crippen molar-refractivity contribution >= 4 is 0 Å². The molecular formula is C12H15N. The lowest BCUT2D eigenvalue weighted by Gasteiger charge is -2.26. The topological polar surface area (TPSA) is 12.0 Å². The van der Waals surface area contributed by atoms with Crippen LogP contribution in [-0.2, 0) is 0 Å². The van der Waals surface area contributed by atoms with E-state index >= 15 is 0 Å². The molecule has 68 valence electrons. The highest BCUT2D eigenvalue weighted by atomic mass is 14.9. The molecule has 0 fully saturated rings. The van der Waals surface area contributed by atoms with Crippen molar-refractivity contribution in [1.29, 1.82) is 0 Å². The predicted molar refractivity (Wildman–Crippen MR) is 56.2 cm³/mol. The van der Waals surface area contributed by atoms with E-state index < -0.39 is 0 Å². The zero-order valence-electron chi connectivity index (χ0n) is 8.01. The summed E-state index contributed by atoms with van der Waals surface area (Å²) in [6.07, 6.45) is 11.8. The molecule has 13 heavy (non-hydrogen) atoms. The lowest BCUT2D eigenvalue weighted by molar-refractivity contribution is 0.483. The van der Waals surface area contributed by atoms with Gasteiger partial charge in [-0.2, -0.15) is 0 Å². The van der Waals surface area contributed by atoms with Crippen LogP contribution in [0.5, 0.6) is 0 Å². The third kappa shape index (κ3) is 1.15. The molecule has 1 unspecified atom stereocenters. The van der Waals surface area contributed by atoms with Gasteiger partial charge in [0.15, 0.2) is 0 Å². The summed E-state index contributed by atoms with van der Waals surface area (Å²) in [4.78, 5) is 0. The summed E-state index contributed by atoms with van der Waals surface area (Å²) in [5.41, 5.74) is 2.86. The molecule has 1 heterocycles. The number of hydrogen-bond donors (Lipinski definition) is 1. The summed E-state index contributed by atoms with van der Waals surface area (Å²) in [5.74, 6) is 0. The zero-order valence-corrected chi connectivity index (χ0v) is 8.01. The molecule has 0 bridgehead atoms. The van der Waals surface area contributed by atoms with Crippen LogP contribution < -0.4 is 5.32 Å². The standard InChI is InChI=1S/C12H15N/c1-3-11-10(2)12(9-13-11)7-5-4-6-8-12/h3-7,13H,1,8-9H2,2H3. The average Bonchev–Trinajstić information content (AvgIpc) is 2.47. The highest BCUT2D eigenvalue weighted by Gasteiger charge is 2.34. The van der Waals surface area contributed by atoms with Crippen LogP contribution in [0.15, 0.2) is 48.2 Å². The first-order chi connectivity index (χ1) is 6.28. The summed E-state index contributed by atoms with van der Waals surface area (Å²) >= 11 is 0. The molecule has 0 aromatic carbocycles. The van der Waals surface area contributed by atoms with Gasteiger partial charge in [0.2, 0.25) is 0 Å². The smallest absolute Gasteiger partial charge is 0.0333 e. The Balaban J connectivity index is 2.37. The van der Waals surface area contributed by atoms with Gasteiger partial charge in [-0.25, -0.2) is 0 Å². The Kier molecular flexibility index (Phi) is 1.87. The molecule has 0 radical (unpaired) electrons. The molecule has 0 amide bonds. The van der Waals surface area contributed by atoms with Crippen LogP contribution in [0, 0.1) is 5.41 Å². The van der Waals surface area contributed by atoms with Gasteiger partial charge < -0.3 is 5.32 Å². The largest absolute Gasteiger partial charge is 0.384 e. The highest BCUT2D eigenvalue weighted by Crippen LogP contribution is 2.40. The van der Waals surface area contributed by atoms with Gasteiger partial charge in [-0.15, -0.1) is 0 Å². The van der Waals surface area contributed by atoms with Gasteiger partial charge in [0.25, 0.3) is 0 Å². The Morgan fingerprint density at radius 1 is 1.54 bits per heavy atom. The van der Waals surface area contributed by atoms with E-state index in [1.54, 1.807) is 0 Å². The van der Waals surface area contributed by atoms with Crippen molar-refractivity contribution in [2.24, 2.45) is 5.41 Å². The number of allylic oxidation sites excluding steroid dienone is 4. The molecule has 1 aliphatic heterocycles. The Morgan fingerprint density at radius 3 is 2.92 bits per heavy atom. The molecule has 0 saturated carbocycles. The maximum absolute atomic E-state index is 3.81. The van der Waals surface area contributed by atoms with Crippen molar-refractivity contribution in [3.8, 4) is 0 Å². The highest BCUT2D eigenvalue weighted by molar-refractivity contribution is 5.39. The van der Waals surface area contributed by atoms with Gasteiger partial charge in [0, 0.05) is 17.7 Å². The Morgan fingerprint density at radius 2 is 2.38 bits per heavy atom. The van der Waals surface area contributed by atoms with E-state index in [4.69, 9.17) is 0 Å². The van der Waals surface area contributed by atoms with Crippen molar-refractivity contribution < 1.29 is 0 Å². The fourth-order valence-electron chi connectivity index (χ4n) is 2.09. The molecule has 2 rings (SSSR count). The van der Waals surface area contributed by atoms with Crippen molar-refractivity contribution in [2.45, 2.75) is 13.3 Å². The Hall–Kier alpha value is -1.24. The van der Waals surface area contributed by atoms with Crippen LogP contribution in [0.3, 0.4) is 0 Å². The molecule has 1 atom stereocenters. The van der Waals surface area contributed by atoms with Crippen LogP contribution >= 0.6 is 0 Å². The van der Waals surface area contributed by atoms with E-state index in [0.29, 0.717) is 0 Å². The van der Waals surface area contributed by atoms with Gasteiger partial charge >= 0.3 is 0 Å². The van der Waals surface area contributed by atoms with Gasteiger partial charge in [0.05, 0.1) is 0 Å². The molecule has 1 nitrogen and oxygen atoms in total. The molecular weight excluding hydrogens is 158 g/mol. The third-order valence-electron chi connectivity index (χ3n) is 3.09. The lowest BCUT2D eigenvalue weighted by Crippen LogP contribution is -2.25. The van der Waals surface area contributed by atoms with Crippen LogP contribution in [0.25, 0.3) is 0 Å². The van der Waals surface area contributed by atoms with E-state index in [9.17, 15) is 0 Å². The van der Waals surface area contributed by atoms with Crippen LogP contribution in [-0.4, -0.2) is 6.54 Å². The summed E-state index contributed by atoms with van der Waals surface area (Å²) in [6, 6.07) is 0. The number of nitrogens with one attached hydrogen (secondary N) is 1. The molecule has 0 aromatic heterocycles. The summed E-state index contributed by atoms with van der Waals surface area (Å²) in [6.45, 7) is 7.02. The summed E-state index contributed by atoms with van der Waals surface area (Å²) < 4.78 is 0. The Labute approximate surface area is 79.5 Å². The maximum Gasteiger partial charge on any atom is 0.0333 e. The van der Waals surface area contributed by atoms with Gasteiger partial charge in [0.1, 0.15) is 0 Å². The van der Waals surface area contributed by atoms with Gasteiger partial charge in [-0.05, 0) is 25.0 Å². The molecule has 1 N–H and O–H groups in total. The van der Waals surface area contributed by atoms with E-state index in [2.05, 4.69) is 43.1 Å². The SMILES string of the molecule is C=CC1=C(C)C2(C=CC=CC2)CN1. The van der Waals surface area contributed by atoms with Crippen LogP contribution in [0.2, 0.25) is 0 Å². The minimum atomic E-state index is 0.234. The van der Waals surface area contributed by atoms with Crippen molar-refractivity contribution in [1.82, 2.24) is 5.32 Å². The normalized spacial score (nSPS) is 31.2. The maximum atomic E-state index is 3.81. The van der Waals surface area contributed by atoms with Crippen molar-refractivity contribution in [2.75, 3.05) is 6.54 Å². The molecule has 1 spiro atoms. The van der Waals surface area contributed by atoms with E-state index in [0.717, 1.165) is 13.0 Å². The zero-order chi connectivity index (χ0) is 9.31. The number of hydrogen-bond acceptors (Lipinski definition) is 1. The van der Waals surface area contributed by atoms with Crippen molar-refractivity contribution in [3.05, 3.63) is 48.2 Å². The predicted octanol–water partition coefficient (Wildman–Crippen LogP) is 2.55. The second-order valence-corrected chi connectivity index (χ2v) is 3.74. The fraction of sp³-hybridized carbons (Fsp3) is 0.333. The molecule has 1 aliphatic carbocycles. The van der Waals surface area contributed by atoms with Crippen molar-refractivity contribution in [3.63, 3.8) is 0 Å². The second kappa shape index (κ2) is 2.91. The van der Waals surface area contributed by atoms with Gasteiger partial charge in [-0.1, -0.05) is 30.9 Å². The third-order valence-corrected chi connectivity index (χ3v) is 3.09.